The number of aliphatic carboxylic acids is 1. The fourth-order valence-corrected chi connectivity index (χ4v) is 0.171. The summed E-state index contributed by atoms with van der Waals surface area (Å²) in [6, 6.07) is 0. The van der Waals surface area contributed by atoms with E-state index < -0.39 is 11.7 Å². The minimum Gasteiger partial charge on any atom is -0.476 e. The highest BCUT2D eigenvalue weighted by Gasteiger charge is 2.01. The molecule has 0 aliphatic heterocycles. The Kier molecular flexibility index (Phi) is 2.33. The maximum atomic E-state index is 9.80. The van der Waals surface area contributed by atoms with Gasteiger partial charge in [-0.1, -0.05) is 11.7 Å². The number of rotatable bonds is 2. The highest BCUT2D eigenvalue weighted by molar-refractivity contribution is 6.40. The lowest BCUT2D eigenvalue weighted by molar-refractivity contribution is -0.129. The summed E-state index contributed by atoms with van der Waals surface area (Å²) in [5, 5.41) is 18.2. The molecule has 0 aliphatic rings. The molecule has 0 rings (SSSR count). The Morgan fingerprint density at radius 2 is 2.25 bits per heavy atom. The Balaban J connectivity index is 4.13. The topological polar surface area (TPSA) is 69.9 Å². The normalized spacial score (nSPS) is 10.8. The van der Waals surface area contributed by atoms with Crippen molar-refractivity contribution in [3.05, 3.63) is 12.7 Å². The van der Waals surface area contributed by atoms with Gasteiger partial charge in [-0.3, -0.25) is 0 Å². The lowest BCUT2D eigenvalue weighted by Gasteiger charge is -1.83. The average Bonchev–Trinajstić information content (AvgIpc) is 1.69. The van der Waals surface area contributed by atoms with Gasteiger partial charge in [0.2, 0.25) is 0 Å². The summed E-state index contributed by atoms with van der Waals surface area (Å²) in [7, 11) is 0. The summed E-state index contributed by atoms with van der Waals surface area (Å²) in [5.74, 6) is -1.29. The lowest BCUT2D eigenvalue weighted by Crippen LogP contribution is -2.08. The van der Waals surface area contributed by atoms with Gasteiger partial charge in [0.25, 0.3) is 0 Å². The van der Waals surface area contributed by atoms with E-state index in [0.717, 1.165) is 6.08 Å². The summed E-state index contributed by atoms with van der Waals surface area (Å²) < 4.78 is 0. The van der Waals surface area contributed by atoms with Gasteiger partial charge in [0.15, 0.2) is 5.71 Å². The zero-order chi connectivity index (χ0) is 6.57. The van der Waals surface area contributed by atoms with Crippen LogP contribution >= 0.6 is 0 Å². The molecular formula is C4H5NO3. The quantitative estimate of drug-likeness (QED) is 0.304. The van der Waals surface area contributed by atoms with Gasteiger partial charge in [-0.15, -0.1) is 0 Å². The van der Waals surface area contributed by atoms with Gasteiger partial charge in [-0.2, -0.15) is 0 Å². The standard InChI is InChI=1S/C4H5NO3/c1-2-3(5-8)4(6)7/h2,8H,1H2,(H,6,7). The maximum Gasteiger partial charge on any atom is 0.357 e. The van der Waals surface area contributed by atoms with Crippen LogP contribution in [-0.2, 0) is 4.79 Å². The van der Waals surface area contributed by atoms with Crippen LogP contribution in [0.25, 0.3) is 0 Å². The molecule has 0 bridgehead atoms. The second-order valence-corrected chi connectivity index (χ2v) is 0.995. The fraction of sp³-hybridized carbons (Fsp3) is 0. The fourth-order valence-electron chi connectivity index (χ4n) is 0.171. The molecule has 4 nitrogen and oxygen atoms in total. The molecule has 44 valence electrons. The molecule has 0 saturated carbocycles. The van der Waals surface area contributed by atoms with Crippen molar-refractivity contribution in [3.8, 4) is 0 Å². The number of nitrogens with zero attached hydrogens (tertiary/aromatic N) is 1. The SMILES string of the molecule is C=CC(=NO)C(=O)O. The number of carboxylic acids is 1. The number of hydrogen-bond donors (Lipinski definition) is 2. The number of carboxylic acid groups (broad SMARTS) is 1. The van der Waals surface area contributed by atoms with E-state index in [1.165, 1.54) is 0 Å². The maximum absolute atomic E-state index is 9.80. The Morgan fingerprint density at radius 3 is 2.25 bits per heavy atom. The van der Waals surface area contributed by atoms with Crippen LogP contribution in [-0.4, -0.2) is 22.0 Å². The zero-order valence-corrected chi connectivity index (χ0v) is 4.03. The first-order valence-corrected chi connectivity index (χ1v) is 1.80. The van der Waals surface area contributed by atoms with E-state index in [1.807, 2.05) is 0 Å². The van der Waals surface area contributed by atoms with Crippen LogP contribution in [0.4, 0.5) is 0 Å². The van der Waals surface area contributed by atoms with Gasteiger partial charge in [-0.25, -0.2) is 4.79 Å². The van der Waals surface area contributed by atoms with E-state index in [0.29, 0.717) is 0 Å². The van der Waals surface area contributed by atoms with Crippen molar-refractivity contribution in [2.24, 2.45) is 5.16 Å². The molecule has 2 N–H and O–H groups in total. The number of hydrogen-bond acceptors (Lipinski definition) is 3. The third kappa shape index (κ3) is 1.42. The third-order valence-electron chi connectivity index (χ3n) is 0.520. The summed E-state index contributed by atoms with van der Waals surface area (Å²) in [4.78, 5) is 9.80. The zero-order valence-electron chi connectivity index (χ0n) is 4.03. The summed E-state index contributed by atoms with van der Waals surface area (Å²) in [6.07, 6.45) is 0.947. The number of carbonyl (C=O) groups is 1. The van der Waals surface area contributed by atoms with Crippen molar-refractivity contribution in [2.75, 3.05) is 0 Å². The first-order chi connectivity index (χ1) is 3.72. The van der Waals surface area contributed by atoms with E-state index >= 15 is 0 Å². The number of oxime groups is 1. The monoisotopic (exact) mass is 115 g/mol. The van der Waals surface area contributed by atoms with Gasteiger partial charge in [0.1, 0.15) is 0 Å². The Hall–Kier alpha value is -1.32. The van der Waals surface area contributed by atoms with E-state index in [-0.39, 0.29) is 0 Å². The van der Waals surface area contributed by atoms with Crippen LogP contribution in [0.1, 0.15) is 0 Å². The molecular weight excluding hydrogens is 110 g/mol. The van der Waals surface area contributed by atoms with E-state index in [9.17, 15) is 4.79 Å². The first-order valence-electron chi connectivity index (χ1n) is 1.80. The van der Waals surface area contributed by atoms with Crippen molar-refractivity contribution < 1.29 is 15.1 Å². The second-order valence-electron chi connectivity index (χ2n) is 0.995. The molecule has 0 spiro atoms. The van der Waals surface area contributed by atoms with Gasteiger partial charge in [-0.05, 0) is 6.08 Å². The minimum absolute atomic E-state index is 0.454. The van der Waals surface area contributed by atoms with Crippen molar-refractivity contribution >= 4 is 11.7 Å². The second kappa shape index (κ2) is 2.79. The third-order valence-corrected chi connectivity index (χ3v) is 0.520. The van der Waals surface area contributed by atoms with Gasteiger partial charge < -0.3 is 10.3 Å². The predicted molar refractivity (Wildman–Crippen MR) is 27.1 cm³/mol. The van der Waals surface area contributed by atoms with Crippen molar-refractivity contribution in [1.82, 2.24) is 0 Å². The summed E-state index contributed by atoms with van der Waals surface area (Å²) in [6.45, 7) is 3.08. The molecule has 0 aromatic heterocycles. The van der Waals surface area contributed by atoms with E-state index in [4.69, 9.17) is 10.3 Å². The Labute approximate surface area is 45.7 Å². The van der Waals surface area contributed by atoms with E-state index in [2.05, 4.69) is 11.7 Å². The summed E-state index contributed by atoms with van der Waals surface area (Å²) in [5.41, 5.74) is -0.454. The highest BCUT2D eigenvalue weighted by atomic mass is 16.4. The molecule has 4 heteroatoms. The minimum atomic E-state index is -1.29. The van der Waals surface area contributed by atoms with Crippen LogP contribution in [0.2, 0.25) is 0 Å². The van der Waals surface area contributed by atoms with Gasteiger partial charge in [0.05, 0.1) is 0 Å². The first kappa shape index (κ1) is 6.68. The molecule has 0 aromatic rings. The van der Waals surface area contributed by atoms with Crippen LogP contribution in [0.3, 0.4) is 0 Å². The van der Waals surface area contributed by atoms with Gasteiger partial charge >= 0.3 is 5.97 Å². The average molecular weight is 115 g/mol. The van der Waals surface area contributed by atoms with Crippen LogP contribution in [0, 0.1) is 0 Å². The highest BCUT2D eigenvalue weighted by Crippen LogP contribution is 1.75. The Morgan fingerprint density at radius 1 is 1.75 bits per heavy atom. The summed E-state index contributed by atoms with van der Waals surface area (Å²) >= 11 is 0. The van der Waals surface area contributed by atoms with Gasteiger partial charge in [0, 0.05) is 0 Å². The van der Waals surface area contributed by atoms with Crippen LogP contribution < -0.4 is 0 Å². The molecule has 8 heavy (non-hydrogen) atoms. The van der Waals surface area contributed by atoms with Crippen molar-refractivity contribution in [3.63, 3.8) is 0 Å². The largest absolute Gasteiger partial charge is 0.476 e. The molecule has 0 heterocycles. The molecule has 0 fully saturated rings. The molecule has 0 atom stereocenters. The van der Waals surface area contributed by atoms with Crippen molar-refractivity contribution in [1.29, 1.82) is 0 Å². The molecule has 0 unspecified atom stereocenters. The molecule has 0 aliphatic carbocycles. The Bertz CT molecular complexity index is 138. The molecule has 0 saturated heterocycles. The van der Waals surface area contributed by atoms with Crippen molar-refractivity contribution in [2.45, 2.75) is 0 Å². The van der Waals surface area contributed by atoms with Crippen LogP contribution in [0.15, 0.2) is 17.8 Å². The molecule has 0 aromatic carbocycles. The molecule has 0 amide bonds. The lowest BCUT2D eigenvalue weighted by atomic mass is 10.4. The smallest absolute Gasteiger partial charge is 0.357 e. The van der Waals surface area contributed by atoms with E-state index in [1.54, 1.807) is 0 Å². The predicted octanol–water partition coefficient (Wildman–Crippen LogP) is 0.0872. The molecule has 0 radical (unpaired) electrons. The van der Waals surface area contributed by atoms with Crippen LogP contribution in [0.5, 0.6) is 0 Å².